The van der Waals surface area contributed by atoms with Crippen LogP contribution in [0.1, 0.15) is 59.8 Å². The fourth-order valence-electron chi connectivity index (χ4n) is 6.91. The lowest BCUT2D eigenvalue weighted by Crippen LogP contribution is -2.71. The second kappa shape index (κ2) is 6.41. The maximum Gasteiger partial charge on any atom is 0.303 e. The zero-order valence-electron chi connectivity index (χ0n) is 17.8. The van der Waals surface area contributed by atoms with Crippen molar-refractivity contribution in [2.24, 2.45) is 22.2 Å². The van der Waals surface area contributed by atoms with Crippen LogP contribution in [0.2, 0.25) is 0 Å². The number of aliphatic hydroxyl groups is 1. The molecule has 7 atom stereocenters. The van der Waals surface area contributed by atoms with Crippen molar-refractivity contribution in [3.63, 3.8) is 0 Å². The van der Waals surface area contributed by atoms with Crippen molar-refractivity contribution in [2.75, 3.05) is 7.11 Å². The lowest BCUT2D eigenvalue weighted by atomic mass is 9.44. The quantitative estimate of drug-likeness (QED) is 0.587. The Morgan fingerprint density at radius 1 is 1.29 bits per heavy atom. The van der Waals surface area contributed by atoms with Gasteiger partial charge in [-0.2, -0.15) is 0 Å². The van der Waals surface area contributed by atoms with E-state index in [9.17, 15) is 9.90 Å². The summed E-state index contributed by atoms with van der Waals surface area (Å²) in [7, 11) is 1.70. The van der Waals surface area contributed by atoms with Gasteiger partial charge in [-0.3, -0.25) is 4.79 Å². The van der Waals surface area contributed by atoms with E-state index in [-0.39, 0.29) is 29.0 Å². The second-order valence-electron chi connectivity index (χ2n) is 10.1. The third kappa shape index (κ3) is 2.45. The Bertz CT molecular complexity index is 725. The van der Waals surface area contributed by atoms with Crippen molar-refractivity contribution in [3.05, 3.63) is 23.8 Å². The molecule has 1 saturated carbocycles. The molecule has 28 heavy (non-hydrogen) atoms. The van der Waals surface area contributed by atoms with E-state index in [1.54, 1.807) is 7.11 Å². The van der Waals surface area contributed by atoms with Crippen LogP contribution in [0.25, 0.3) is 0 Å². The Morgan fingerprint density at radius 3 is 2.61 bits per heavy atom. The second-order valence-corrected chi connectivity index (χ2v) is 10.1. The standard InChI is InChI=1S/C23H34O5/c1-7-22(5)12-9-14-15(19(22)25)16-17(27-13(2)24)18-21(3,4)10-8-11-23(14,18)20(26-6)28-16/h7,16-20,25H,1,8-12H2,2-6H3/t16-,17+,18+,19-,20-,22+,23+/m1/s1. The van der Waals surface area contributed by atoms with Gasteiger partial charge < -0.3 is 19.3 Å². The average molecular weight is 391 g/mol. The summed E-state index contributed by atoms with van der Waals surface area (Å²) < 4.78 is 18.2. The first kappa shape index (κ1) is 20.1. The van der Waals surface area contributed by atoms with E-state index >= 15 is 0 Å². The van der Waals surface area contributed by atoms with Gasteiger partial charge in [0.25, 0.3) is 0 Å². The van der Waals surface area contributed by atoms with Crippen LogP contribution in [-0.4, -0.2) is 42.8 Å². The Balaban J connectivity index is 1.95. The third-order valence-corrected chi connectivity index (χ3v) is 8.16. The van der Waals surface area contributed by atoms with Gasteiger partial charge >= 0.3 is 5.97 Å². The normalized spacial score (nSPS) is 46.6. The van der Waals surface area contributed by atoms with Crippen molar-refractivity contribution in [2.45, 2.75) is 84.4 Å². The zero-order chi connectivity index (χ0) is 20.5. The van der Waals surface area contributed by atoms with Gasteiger partial charge in [0, 0.05) is 30.8 Å². The van der Waals surface area contributed by atoms with E-state index in [1.807, 2.05) is 13.0 Å². The van der Waals surface area contributed by atoms with Crippen LogP contribution >= 0.6 is 0 Å². The highest BCUT2D eigenvalue weighted by Crippen LogP contribution is 2.68. The van der Waals surface area contributed by atoms with E-state index in [1.165, 1.54) is 12.5 Å². The summed E-state index contributed by atoms with van der Waals surface area (Å²) in [6.07, 6.45) is 4.76. The molecule has 0 radical (unpaired) electrons. The number of fused-ring (bicyclic) bond motifs is 1. The molecule has 5 rings (SSSR count). The van der Waals surface area contributed by atoms with Crippen LogP contribution in [0.5, 0.6) is 0 Å². The van der Waals surface area contributed by atoms with E-state index < -0.39 is 23.7 Å². The highest BCUT2D eigenvalue weighted by Gasteiger charge is 2.70. The molecule has 1 N–H and O–H groups in total. The van der Waals surface area contributed by atoms with Crippen LogP contribution in [0.4, 0.5) is 0 Å². The van der Waals surface area contributed by atoms with Crippen LogP contribution < -0.4 is 0 Å². The van der Waals surface area contributed by atoms with Crippen LogP contribution in [0.15, 0.2) is 23.8 Å². The monoisotopic (exact) mass is 390 g/mol. The van der Waals surface area contributed by atoms with Crippen molar-refractivity contribution in [1.82, 2.24) is 0 Å². The lowest BCUT2D eigenvalue weighted by molar-refractivity contribution is -0.322. The molecule has 3 aliphatic carbocycles. The maximum atomic E-state index is 12.0. The van der Waals surface area contributed by atoms with Gasteiger partial charge in [0.05, 0.1) is 6.10 Å². The van der Waals surface area contributed by atoms with Crippen LogP contribution in [0.3, 0.4) is 0 Å². The summed E-state index contributed by atoms with van der Waals surface area (Å²) in [4.78, 5) is 12.0. The highest BCUT2D eigenvalue weighted by atomic mass is 16.7. The Kier molecular flexibility index (Phi) is 4.61. The first-order valence-corrected chi connectivity index (χ1v) is 10.5. The number of hydrogen-bond donors (Lipinski definition) is 1. The van der Waals surface area contributed by atoms with Gasteiger partial charge in [-0.25, -0.2) is 0 Å². The molecule has 0 aromatic rings. The summed E-state index contributed by atoms with van der Waals surface area (Å²) in [6.45, 7) is 12.0. The fraction of sp³-hybridized carbons (Fsp3) is 0.783. The number of rotatable bonds is 3. The number of carbonyl (C=O) groups excluding carboxylic acids is 1. The minimum Gasteiger partial charge on any atom is -0.459 e. The summed E-state index contributed by atoms with van der Waals surface area (Å²) in [5.41, 5.74) is 1.44. The number of carbonyl (C=O) groups is 1. The number of hydrogen-bond acceptors (Lipinski definition) is 5. The molecule has 0 aromatic carbocycles. The lowest BCUT2D eigenvalue weighted by Gasteiger charge is -2.67. The summed E-state index contributed by atoms with van der Waals surface area (Å²) in [6, 6.07) is 0. The summed E-state index contributed by atoms with van der Waals surface area (Å²) in [5, 5.41) is 11.4. The smallest absolute Gasteiger partial charge is 0.303 e. The Morgan fingerprint density at radius 2 is 2.00 bits per heavy atom. The minimum absolute atomic E-state index is 0.0140. The molecular formula is C23H34O5. The number of ether oxygens (including phenoxy) is 3. The number of methoxy groups -OCH3 is 1. The number of aliphatic hydroxyl groups excluding tert-OH is 1. The van der Waals surface area contributed by atoms with E-state index in [4.69, 9.17) is 14.2 Å². The average Bonchev–Trinajstić information content (AvgIpc) is 2.63. The predicted molar refractivity (Wildman–Crippen MR) is 105 cm³/mol. The van der Waals surface area contributed by atoms with Crippen LogP contribution in [-0.2, 0) is 19.0 Å². The molecule has 0 aromatic heterocycles. The molecule has 1 spiro atoms. The molecule has 2 bridgehead atoms. The van der Waals surface area contributed by atoms with Gasteiger partial charge in [-0.1, -0.05) is 38.8 Å². The maximum absolute atomic E-state index is 12.0. The molecule has 0 unspecified atom stereocenters. The first-order valence-electron chi connectivity index (χ1n) is 10.5. The zero-order valence-corrected chi connectivity index (χ0v) is 17.8. The van der Waals surface area contributed by atoms with Crippen molar-refractivity contribution < 1.29 is 24.1 Å². The molecule has 2 fully saturated rings. The number of esters is 1. The van der Waals surface area contributed by atoms with E-state index in [2.05, 4.69) is 20.4 Å². The molecule has 1 saturated heterocycles. The van der Waals surface area contributed by atoms with Crippen LogP contribution in [0, 0.1) is 22.2 Å². The Hall–Kier alpha value is -1.17. The predicted octanol–water partition coefficient (Wildman–Crippen LogP) is 3.76. The van der Waals surface area contributed by atoms with Crippen molar-refractivity contribution in [1.29, 1.82) is 0 Å². The minimum atomic E-state index is -0.683. The third-order valence-electron chi connectivity index (χ3n) is 8.16. The Labute approximate surface area is 168 Å². The molecule has 0 amide bonds. The topological polar surface area (TPSA) is 65.0 Å². The molecular weight excluding hydrogens is 356 g/mol. The van der Waals surface area contributed by atoms with Gasteiger partial charge in [0.1, 0.15) is 12.2 Å². The van der Waals surface area contributed by atoms with E-state index in [0.29, 0.717) is 0 Å². The molecule has 2 aliphatic heterocycles. The van der Waals surface area contributed by atoms with Gasteiger partial charge in [-0.05, 0) is 36.7 Å². The van der Waals surface area contributed by atoms with E-state index in [0.717, 1.165) is 37.7 Å². The molecule has 2 heterocycles. The molecule has 156 valence electrons. The summed E-state index contributed by atoms with van der Waals surface area (Å²) in [5.74, 6) is -0.189. The molecule has 5 aliphatic rings. The largest absolute Gasteiger partial charge is 0.459 e. The first-order chi connectivity index (χ1) is 13.1. The molecule has 5 heteroatoms. The van der Waals surface area contributed by atoms with Gasteiger partial charge in [0.15, 0.2) is 6.29 Å². The summed E-state index contributed by atoms with van der Waals surface area (Å²) >= 11 is 0. The van der Waals surface area contributed by atoms with Gasteiger partial charge in [0.2, 0.25) is 0 Å². The fourth-order valence-corrected chi connectivity index (χ4v) is 6.91. The van der Waals surface area contributed by atoms with Crippen molar-refractivity contribution >= 4 is 5.97 Å². The van der Waals surface area contributed by atoms with Gasteiger partial charge in [-0.15, -0.1) is 6.58 Å². The SMILES string of the molecule is C=C[C@@]1(C)CCC2=C([C@H]3O[C@@H](OC)[C@@]24CCCC(C)(C)[C@@H]4[C@H]3OC(C)=O)[C@H]1O. The van der Waals surface area contributed by atoms with Crippen molar-refractivity contribution in [3.8, 4) is 0 Å². The highest BCUT2D eigenvalue weighted by molar-refractivity contribution is 5.66. The molecule has 5 nitrogen and oxygen atoms in total.